The number of aliphatic hydroxyl groups is 3. The summed E-state index contributed by atoms with van der Waals surface area (Å²) in [6.45, 7) is 1.17. The molecule has 0 rings (SSSR count). The predicted molar refractivity (Wildman–Crippen MR) is 109 cm³/mol. The minimum absolute atomic E-state index is 0.0415. The summed E-state index contributed by atoms with van der Waals surface area (Å²) in [5.74, 6) is -1.39. The van der Waals surface area contributed by atoms with Crippen LogP contribution in [0, 0.1) is 0 Å². The van der Waals surface area contributed by atoms with Crippen LogP contribution in [0.3, 0.4) is 0 Å². The SMILES string of the molecule is CCCCCCC(=O)C=CCCCCC=CCC(O)C(O)C(N)(CO)C(=O)O. The van der Waals surface area contributed by atoms with E-state index in [4.69, 9.17) is 15.9 Å². The van der Waals surface area contributed by atoms with Gasteiger partial charge in [-0.3, -0.25) is 9.59 Å². The fraction of sp³-hybridized carbons (Fsp3) is 0.714. The van der Waals surface area contributed by atoms with Crippen LogP contribution in [0.2, 0.25) is 0 Å². The van der Waals surface area contributed by atoms with Crippen molar-refractivity contribution in [3.05, 3.63) is 24.3 Å². The van der Waals surface area contributed by atoms with E-state index in [9.17, 15) is 19.8 Å². The highest BCUT2D eigenvalue weighted by Crippen LogP contribution is 2.14. The van der Waals surface area contributed by atoms with Gasteiger partial charge in [0.1, 0.15) is 6.10 Å². The topological polar surface area (TPSA) is 141 Å². The van der Waals surface area contributed by atoms with Gasteiger partial charge in [0.15, 0.2) is 11.3 Å². The highest BCUT2D eigenvalue weighted by Gasteiger charge is 2.44. The van der Waals surface area contributed by atoms with Crippen LogP contribution in [0.4, 0.5) is 0 Å². The first-order chi connectivity index (χ1) is 13.3. The Morgan fingerprint density at radius 3 is 2.21 bits per heavy atom. The Kier molecular flexibility index (Phi) is 14.5. The second-order valence-corrected chi connectivity index (χ2v) is 7.19. The number of unbranched alkanes of at least 4 members (excludes halogenated alkanes) is 6. The van der Waals surface area contributed by atoms with E-state index in [1.165, 1.54) is 6.42 Å². The monoisotopic (exact) mass is 399 g/mol. The van der Waals surface area contributed by atoms with E-state index in [1.807, 2.05) is 12.2 Å². The molecule has 0 aromatic rings. The highest BCUT2D eigenvalue weighted by atomic mass is 16.4. The number of aliphatic hydroxyl groups excluding tert-OH is 3. The van der Waals surface area contributed by atoms with Crippen molar-refractivity contribution < 1.29 is 30.0 Å². The summed E-state index contributed by atoms with van der Waals surface area (Å²) in [7, 11) is 0. The lowest BCUT2D eigenvalue weighted by Crippen LogP contribution is -2.63. The largest absolute Gasteiger partial charge is 0.480 e. The molecular weight excluding hydrogens is 362 g/mol. The van der Waals surface area contributed by atoms with Crippen molar-refractivity contribution in [1.82, 2.24) is 0 Å². The molecule has 0 aliphatic rings. The van der Waals surface area contributed by atoms with Crippen molar-refractivity contribution in [2.75, 3.05) is 6.61 Å². The Morgan fingerprint density at radius 2 is 1.64 bits per heavy atom. The Bertz CT molecular complexity index is 505. The number of carbonyl (C=O) groups is 2. The molecule has 7 heteroatoms. The third-order valence-electron chi connectivity index (χ3n) is 4.67. The van der Waals surface area contributed by atoms with E-state index in [-0.39, 0.29) is 12.2 Å². The molecule has 3 atom stereocenters. The molecule has 0 aromatic heterocycles. The molecule has 28 heavy (non-hydrogen) atoms. The van der Waals surface area contributed by atoms with Crippen LogP contribution >= 0.6 is 0 Å². The third-order valence-corrected chi connectivity index (χ3v) is 4.67. The summed E-state index contributed by atoms with van der Waals surface area (Å²) >= 11 is 0. The fourth-order valence-electron chi connectivity index (χ4n) is 2.66. The molecule has 3 unspecified atom stereocenters. The summed E-state index contributed by atoms with van der Waals surface area (Å²) in [4.78, 5) is 22.6. The lowest BCUT2D eigenvalue weighted by atomic mass is 9.89. The molecule has 0 aliphatic heterocycles. The Balaban J connectivity index is 3.92. The van der Waals surface area contributed by atoms with Gasteiger partial charge in [0.2, 0.25) is 0 Å². The van der Waals surface area contributed by atoms with Gasteiger partial charge in [-0.25, -0.2) is 0 Å². The maximum absolute atomic E-state index is 11.6. The van der Waals surface area contributed by atoms with E-state index in [0.717, 1.165) is 44.9 Å². The lowest BCUT2D eigenvalue weighted by molar-refractivity contribution is -0.155. The minimum atomic E-state index is -2.28. The second-order valence-electron chi connectivity index (χ2n) is 7.19. The number of aliphatic carboxylic acids is 1. The van der Waals surface area contributed by atoms with Crippen molar-refractivity contribution in [2.24, 2.45) is 5.73 Å². The minimum Gasteiger partial charge on any atom is -0.480 e. The molecule has 0 aliphatic carbocycles. The van der Waals surface area contributed by atoms with Gasteiger partial charge in [-0.2, -0.15) is 0 Å². The first kappa shape index (κ1) is 26.5. The summed E-state index contributed by atoms with van der Waals surface area (Å²) in [5.41, 5.74) is 3.15. The molecule has 0 amide bonds. The van der Waals surface area contributed by atoms with E-state index in [1.54, 1.807) is 12.2 Å². The zero-order valence-electron chi connectivity index (χ0n) is 16.9. The lowest BCUT2D eigenvalue weighted by Gasteiger charge is -2.30. The van der Waals surface area contributed by atoms with Gasteiger partial charge in [-0.15, -0.1) is 0 Å². The van der Waals surface area contributed by atoms with Crippen molar-refractivity contribution in [3.63, 3.8) is 0 Å². The van der Waals surface area contributed by atoms with Crippen LogP contribution in [-0.4, -0.2) is 56.5 Å². The average Bonchev–Trinajstić information content (AvgIpc) is 2.68. The smallest absolute Gasteiger partial charge is 0.328 e. The van der Waals surface area contributed by atoms with Crippen LogP contribution in [0.5, 0.6) is 0 Å². The Morgan fingerprint density at radius 1 is 1.00 bits per heavy atom. The summed E-state index contributed by atoms with van der Waals surface area (Å²) in [6.07, 6.45) is 12.4. The zero-order valence-corrected chi connectivity index (χ0v) is 16.9. The zero-order chi connectivity index (χ0) is 21.4. The molecule has 0 fully saturated rings. The molecule has 162 valence electrons. The maximum atomic E-state index is 11.6. The van der Waals surface area contributed by atoms with Gasteiger partial charge in [0.05, 0.1) is 12.7 Å². The van der Waals surface area contributed by atoms with Crippen molar-refractivity contribution in [2.45, 2.75) is 88.9 Å². The van der Waals surface area contributed by atoms with Crippen LogP contribution in [0.15, 0.2) is 24.3 Å². The average molecular weight is 400 g/mol. The van der Waals surface area contributed by atoms with Crippen molar-refractivity contribution in [1.29, 1.82) is 0 Å². The quantitative estimate of drug-likeness (QED) is 0.143. The van der Waals surface area contributed by atoms with Gasteiger partial charge in [-0.1, -0.05) is 44.4 Å². The van der Waals surface area contributed by atoms with Crippen LogP contribution in [0.1, 0.15) is 71.1 Å². The number of hydrogen-bond acceptors (Lipinski definition) is 6. The number of nitrogens with two attached hydrogens (primary N) is 1. The molecule has 0 aromatic carbocycles. The van der Waals surface area contributed by atoms with Crippen LogP contribution < -0.4 is 5.73 Å². The molecule has 0 heterocycles. The number of carboxylic acid groups (broad SMARTS) is 1. The van der Waals surface area contributed by atoms with Crippen molar-refractivity contribution >= 4 is 11.8 Å². The predicted octanol–water partition coefficient (Wildman–Crippen LogP) is 2.08. The number of carboxylic acids is 1. The molecule has 7 nitrogen and oxygen atoms in total. The molecule has 0 saturated carbocycles. The first-order valence-corrected chi connectivity index (χ1v) is 10.1. The summed E-state index contributed by atoms with van der Waals surface area (Å²) in [5, 5.41) is 37.7. The number of hydrogen-bond donors (Lipinski definition) is 5. The molecule has 0 bridgehead atoms. The standard InChI is InChI=1S/C21H37NO6/c1-2-3-4-10-13-17(24)14-11-8-6-5-7-9-12-15-18(25)19(26)21(22,16-23)20(27)28/h9,11-12,14,18-19,23,25-26H,2-8,10,13,15-16,22H2,1H3,(H,27,28). The molecule has 6 N–H and O–H groups in total. The molecular formula is C21H37NO6. The van der Waals surface area contributed by atoms with Gasteiger partial charge in [0.25, 0.3) is 0 Å². The van der Waals surface area contributed by atoms with Crippen LogP contribution in [0.25, 0.3) is 0 Å². The van der Waals surface area contributed by atoms with E-state index >= 15 is 0 Å². The second kappa shape index (κ2) is 15.4. The third kappa shape index (κ3) is 10.7. The summed E-state index contributed by atoms with van der Waals surface area (Å²) < 4.78 is 0. The fourth-order valence-corrected chi connectivity index (χ4v) is 2.66. The van der Waals surface area contributed by atoms with Crippen molar-refractivity contribution in [3.8, 4) is 0 Å². The van der Waals surface area contributed by atoms with Gasteiger partial charge in [-0.05, 0) is 44.6 Å². The Labute approximate surface area is 167 Å². The number of rotatable bonds is 17. The summed E-state index contributed by atoms with van der Waals surface area (Å²) in [6, 6.07) is 0. The molecule has 0 saturated heterocycles. The molecule has 0 spiro atoms. The van der Waals surface area contributed by atoms with E-state index in [2.05, 4.69) is 6.92 Å². The highest BCUT2D eigenvalue weighted by molar-refractivity contribution is 5.89. The Hall–Kier alpha value is -1.54. The normalized spacial score (nSPS) is 16.3. The van der Waals surface area contributed by atoms with E-state index in [0.29, 0.717) is 6.42 Å². The number of allylic oxidation sites excluding steroid dienone is 3. The van der Waals surface area contributed by atoms with Gasteiger partial charge in [0, 0.05) is 6.42 Å². The first-order valence-electron chi connectivity index (χ1n) is 10.1. The van der Waals surface area contributed by atoms with Gasteiger partial charge >= 0.3 is 5.97 Å². The number of carbonyl (C=O) groups excluding carboxylic acids is 1. The van der Waals surface area contributed by atoms with E-state index < -0.39 is 30.3 Å². The molecule has 0 radical (unpaired) electrons. The van der Waals surface area contributed by atoms with Crippen LogP contribution in [-0.2, 0) is 9.59 Å². The maximum Gasteiger partial charge on any atom is 0.328 e. The van der Waals surface area contributed by atoms with Gasteiger partial charge < -0.3 is 26.2 Å². The number of ketones is 1.